The maximum absolute atomic E-state index is 10.7. The van der Waals surface area contributed by atoms with Gasteiger partial charge in [0.2, 0.25) is 0 Å². The molecule has 0 unspecified atom stereocenters. The smallest absolute Gasteiger partial charge is 0.137 e. The first-order valence-electron chi connectivity index (χ1n) is 34.1. The molecule has 2 nitrogen and oxygen atoms in total. The summed E-state index contributed by atoms with van der Waals surface area (Å²) < 4.78 is 223. The zero-order chi connectivity index (χ0) is 66.1. The van der Waals surface area contributed by atoms with Gasteiger partial charge in [0.05, 0.1) is 28.7 Å². The summed E-state index contributed by atoms with van der Waals surface area (Å²) in [6.07, 6.45) is 0. The topological polar surface area (TPSA) is 16.4 Å². The van der Waals surface area contributed by atoms with E-state index in [0.29, 0.717) is 22.2 Å². The Morgan fingerprint density at radius 2 is 1.06 bits per heavy atom. The third-order valence-corrected chi connectivity index (χ3v) is 14.2. The van der Waals surface area contributed by atoms with Crippen molar-refractivity contribution in [2.75, 3.05) is 4.90 Å². The van der Waals surface area contributed by atoms with E-state index in [0.717, 1.165) is 49.9 Å². The maximum atomic E-state index is 10.7. The Bertz CT molecular complexity index is 5360. The number of benzene rings is 11. The minimum atomic E-state index is -3.82. The summed E-state index contributed by atoms with van der Waals surface area (Å²) in [5.74, 6) is 0. The van der Waals surface area contributed by atoms with Crippen molar-refractivity contribution >= 4 is 49.8 Å². The molecule has 1 heterocycles. The van der Waals surface area contributed by atoms with E-state index < -0.39 is 188 Å². The number of anilines is 3. The Hall–Kier alpha value is -8.72. The molecule has 12 aromatic rings. The van der Waals surface area contributed by atoms with Crippen LogP contribution in [-0.4, -0.2) is 0 Å². The third-order valence-electron chi connectivity index (χ3n) is 14.2. The second kappa shape index (κ2) is 14.4. The fraction of sp³-hybridized carbons (Fsp3) is 0.0588. The van der Waals surface area contributed by atoms with Gasteiger partial charge in [0.1, 0.15) is 11.2 Å². The van der Waals surface area contributed by atoms with E-state index >= 15 is 0 Å². The van der Waals surface area contributed by atoms with Gasteiger partial charge in [-0.15, -0.1) is 0 Å². The zero-order valence-corrected chi connectivity index (χ0v) is 36.6. The lowest BCUT2D eigenvalue weighted by molar-refractivity contribution is 0.660. The van der Waals surface area contributed by atoms with Crippen molar-refractivity contribution in [3.8, 4) is 55.6 Å². The predicted molar refractivity (Wildman–Crippen MR) is 291 cm³/mol. The number of furan rings is 1. The number of para-hydroxylation sites is 1. The van der Waals surface area contributed by atoms with Crippen LogP contribution in [0.25, 0.3) is 88.3 Å². The van der Waals surface area contributed by atoms with E-state index in [1.807, 2.05) is 72.8 Å². The molecule has 1 aromatic heterocycles. The Labute approximate surface area is 439 Å². The molecular formula is C68H45NO. The van der Waals surface area contributed by atoms with E-state index in [2.05, 4.69) is 30.3 Å². The molecule has 1 spiro atoms. The van der Waals surface area contributed by atoms with E-state index in [4.69, 9.17) is 19.5 Å². The Kier molecular flexibility index (Phi) is 4.74. The summed E-state index contributed by atoms with van der Waals surface area (Å²) in [6, 6.07) is 25.6. The Balaban J connectivity index is 1.09. The van der Waals surface area contributed by atoms with Crippen LogP contribution in [0.3, 0.4) is 0 Å². The summed E-state index contributed by atoms with van der Waals surface area (Å²) in [7, 11) is 0. The van der Waals surface area contributed by atoms with Gasteiger partial charge in [-0.1, -0.05) is 195 Å². The van der Waals surface area contributed by atoms with Crippen LogP contribution in [0.1, 0.15) is 78.6 Å². The molecule has 0 amide bonds. The van der Waals surface area contributed by atoms with Crippen molar-refractivity contribution < 1.29 is 35.9 Å². The first kappa shape index (κ1) is 23.1. The molecule has 2 heteroatoms. The lowest BCUT2D eigenvalue weighted by Gasteiger charge is -2.32. The van der Waals surface area contributed by atoms with Crippen LogP contribution in [-0.2, 0) is 10.8 Å². The molecule has 11 aromatic carbocycles. The summed E-state index contributed by atoms with van der Waals surface area (Å²) in [4.78, 5) is 1.52. The van der Waals surface area contributed by atoms with Crippen LogP contribution >= 0.6 is 0 Å². The molecule has 328 valence electrons. The van der Waals surface area contributed by atoms with E-state index in [1.54, 1.807) is 30.3 Å². The lowest BCUT2D eigenvalue weighted by Crippen LogP contribution is -2.26. The maximum Gasteiger partial charge on any atom is 0.137 e. The number of rotatable bonds is 5. The van der Waals surface area contributed by atoms with Gasteiger partial charge in [0.15, 0.2) is 0 Å². The summed E-state index contributed by atoms with van der Waals surface area (Å²) in [5, 5.41) is 0.0465. The highest BCUT2D eigenvalue weighted by Crippen LogP contribution is 2.63. The molecule has 0 atom stereocenters. The van der Waals surface area contributed by atoms with Gasteiger partial charge in [-0.3, -0.25) is 0 Å². The van der Waals surface area contributed by atoms with Gasteiger partial charge in [-0.05, 0) is 148 Å². The lowest BCUT2D eigenvalue weighted by atomic mass is 9.70. The van der Waals surface area contributed by atoms with Gasteiger partial charge >= 0.3 is 0 Å². The van der Waals surface area contributed by atoms with Crippen LogP contribution in [0.5, 0.6) is 0 Å². The molecule has 15 rings (SSSR count). The minimum Gasteiger partial charge on any atom is -0.456 e. The highest BCUT2D eigenvalue weighted by Gasteiger charge is 2.51. The van der Waals surface area contributed by atoms with Crippen molar-refractivity contribution in [1.29, 1.82) is 0 Å². The van der Waals surface area contributed by atoms with Crippen molar-refractivity contribution in [3.63, 3.8) is 0 Å². The quantitative estimate of drug-likeness (QED) is 0.171. The van der Waals surface area contributed by atoms with Crippen LogP contribution < -0.4 is 4.90 Å². The molecule has 0 radical (unpaired) electrons. The SMILES string of the molecule is [2H]c1c([2H])c([2H])c2c(c1[2H])-c1c([2H])c(-c3c(-c4c([2H])c([2H])c([2H])c(N(c5ccc6c(c5)C5(c7ccccc7-c7ccccc75)c5ccccc5-6)c5ccc6c(c5)oc5ccccc56)c4[2H])c([2H])c([2H])c4c([2H])c([2H])c([2H])c([2H])c34)c([2H])c([2H])c1C2(C([2H])([2H])[2H])C([2H])([2H])[2H]. The van der Waals surface area contributed by atoms with Crippen LogP contribution in [0.2, 0.25) is 0 Å². The van der Waals surface area contributed by atoms with Gasteiger partial charge in [0, 0.05) is 47.5 Å². The second-order valence-electron chi connectivity index (χ2n) is 17.7. The monoisotopic (exact) mass is 914 g/mol. The normalized spacial score (nSPS) is 19.1. The van der Waals surface area contributed by atoms with Crippen LogP contribution in [0.15, 0.2) is 241 Å². The fourth-order valence-corrected chi connectivity index (χ4v) is 11.3. The largest absolute Gasteiger partial charge is 0.456 e. The van der Waals surface area contributed by atoms with Gasteiger partial charge in [0.25, 0.3) is 0 Å². The number of hydrogen-bond acceptors (Lipinski definition) is 2. The molecule has 0 saturated carbocycles. The molecule has 0 N–H and O–H groups in total. The first-order chi connectivity index (χ1) is 44.1. The van der Waals surface area contributed by atoms with Gasteiger partial charge in [-0.2, -0.15) is 0 Å². The molecule has 0 bridgehead atoms. The number of nitrogens with zero attached hydrogens (tertiary/aromatic N) is 1. The molecule has 0 saturated heterocycles. The number of fused-ring (bicyclic) bond motifs is 17. The molecule has 70 heavy (non-hydrogen) atoms. The molecule has 3 aliphatic carbocycles. The average molecular weight is 915 g/mol. The summed E-state index contributed by atoms with van der Waals surface area (Å²) in [5.41, 5.74) is -3.00. The van der Waals surface area contributed by atoms with E-state index in [1.165, 1.54) is 4.90 Å². The standard InChI is InChI=1S/C68H45NO/c1-67(2)58-25-10-5-23-53(58)57-39-44(31-37-59(57)67)66-48-19-4-3-16-42(48)30-34-49(66)43-17-15-18-45(38-43)69(47-33-36-56-55-24-9-14-29-64(55)70-65(56)41-47)46-32-35-54-52-22-8-13-28-62(52)68(63(54)40-46)60-26-11-6-20-50(60)51-21-7-12-27-61(51)68/h3-41H,1-2H3/i1D3,2D3,3D,4D,5D,10D,15D,16D,17D,18D,19D,23D,25D,30D,31D,34D,37D,38D,39D. The average Bonchev–Trinajstić information content (AvgIpc) is 1.54. The molecular weight excluding hydrogens is 847 g/mol. The fourth-order valence-electron chi connectivity index (χ4n) is 11.3. The summed E-state index contributed by atoms with van der Waals surface area (Å²) in [6.45, 7) is -7.64. The Morgan fingerprint density at radius 1 is 0.400 bits per heavy atom. The van der Waals surface area contributed by atoms with Crippen LogP contribution in [0, 0.1) is 0 Å². The summed E-state index contributed by atoms with van der Waals surface area (Å²) >= 11 is 0. The van der Waals surface area contributed by atoms with Crippen molar-refractivity contribution in [2.45, 2.75) is 24.5 Å². The molecule has 0 fully saturated rings. The molecule has 0 aliphatic heterocycles. The number of hydrogen-bond donors (Lipinski definition) is 0. The third kappa shape index (κ3) is 5.28. The van der Waals surface area contributed by atoms with Crippen molar-refractivity contribution in [2.24, 2.45) is 0 Å². The second-order valence-corrected chi connectivity index (χ2v) is 17.7. The van der Waals surface area contributed by atoms with E-state index in [-0.39, 0.29) is 5.69 Å². The molecule has 3 aliphatic rings. The predicted octanol–water partition coefficient (Wildman–Crippen LogP) is 18.2. The Morgan fingerprint density at radius 3 is 1.86 bits per heavy atom. The van der Waals surface area contributed by atoms with Gasteiger partial charge < -0.3 is 9.32 Å². The van der Waals surface area contributed by atoms with Crippen molar-refractivity contribution in [3.05, 3.63) is 270 Å². The van der Waals surface area contributed by atoms with Gasteiger partial charge in [-0.25, -0.2) is 0 Å². The highest BCUT2D eigenvalue weighted by atomic mass is 16.3. The minimum absolute atomic E-state index is 0.248. The zero-order valence-electron chi connectivity index (χ0n) is 59.6. The van der Waals surface area contributed by atoms with E-state index in [9.17, 15) is 16.4 Å². The van der Waals surface area contributed by atoms with Crippen molar-refractivity contribution in [1.82, 2.24) is 0 Å². The highest BCUT2D eigenvalue weighted by molar-refractivity contribution is 6.08. The van der Waals surface area contributed by atoms with Crippen LogP contribution in [0.4, 0.5) is 17.1 Å². The first-order valence-corrected chi connectivity index (χ1v) is 22.6.